The molecule has 0 fully saturated rings. The summed E-state index contributed by atoms with van der Waals surface area (Å²) in [4.78, 5) is 20.7. The van der Waals surface area contributed by atoms with E-state index in [9.17, 15) is 14.3 Å². The SMILES string of the molecule is CCC(CC)C(=O)/C=C(\O)C(CC)CCF.Cc1[c-]c(-c2nccc3cc(C(C)C)ccc23)cc(C)c1.[2H]c1nc(-c2[c-]c(C)cc(C)c2)c2ccc(C(C)C)cc2c1[2H].[Ir]. The van der Waals surface area contributed by atoms with Gasteiger partial charge in [-0.1, -0.05) is 113 Å². The van der Waals surface area contributed by atoms with Gasteiger partial charge in [0.2, 0.25) is 0 Å². The van der Waals surface area contributed by atoms with Gasteiger partial charge in [0.25, 0.3) is 0 Å². The summed E-state index contributed by atoms with van der Waals surface area (Å²) in [5.41, 5.74) is 10.9. The fourth-order valence-electron chi connectivity index (χ4n) is 7.22. The number of hydrogen-bond acceptors (Lipinski definition) is 4. The molecule has 6 rings (SSSR count). The summed E-state index contributed by atoms with van der Waals surface area (Å²) < 4.78 is 28.5. The molecule has 1 unspecified atom stereocenters. The molecule has 2 aromatic heterocycles. The number of alkyl halides is 1. The third-order valence-corrected chi connectivity index (χ3v) is 10.6. The second-order valence-electron chi connectivity index (χ2n) is 16.0. The molecule has 1 N–H and O–H groups in total. The zero-order chi connectivity index (χ0) is 44.3. The molecule has 1 radical (unpaired) electrons. The molecule has 4 nitrogen and oxygen atoms in total. The minimum Gasteiger partial charge on any atom is -0.512 e. The summed E-state index contributed by atoms with van der Waals surface area (Å²) in [6, 6.07) is 30.3. The normalized spacial score (nSPS) is 12.4. The number of aliphatic hydroxyl groups is 1. The Bertz CT molecular complexity index is 2400. The zero-order valence-electron chi connectivity index (χ0n) is 38.8. The number of carbonyl (C=O) groups is 1. The maximum atomic E-state index is 12.2. The number of nitrogens with zero attached hydrogens (tertiary/aromatic N) is 2. The Morgan fingerprint density at radius 2 is 1.22 bits per heavy atom. The first kappa shape index (κ1) is 45.6. The number of halogens is 1. The third-order valence-electron chi connectivity index (χ3n) is 10.6. The summed E-state index contributed by atoms with van der Waals surface area (Å²) >= 11 is 0. The summed E-state index contributed by atoms with van der Waals surface area (Å²) in [6.07, 6.45) is 5.70. The summed E-state index contributed by atoms with van der Waals surface area (Å²) in [5.74, 6) is 0.682. The topological polar surface area (TPSA) is 63.1 Å². The first-order valence-corrected chi connectivity index (χ1v) is 20.8. The van der Waals surface area contributed by atoms with Crippen LogP contribution in [0.3, 0.4) is 0 Å². The van der Waals surface area contributed by atoms with Crippen LogP contribution >= 0.6 is 0 Å². The first-order valence-electron chi connectivity index (χ1n) is 21.8. The van der Waals surface area contributed by atoms with Crippen molar-refractivity contribution in [3.05, 3.63) is 142 Å². The fourth-order valence-corrected chi connectivity index (χ4v) is 7.22. The molecule has 0 spiro atoms. The third kappa shape index (κ3) is 13.5. The number of aliphatic hydroxyl groups excluding tert-OH is 1. The molecule has 0 amide bonds. The smallest absolute Gasteiger partial charge is 0.162 e. The Balaban J connectivity index is 0.000000247. The molecular weight excluding hydrogens is 908 g/mol. The van der Waals surface area contributed by atoms with Crippen LogP contribution in [0.2, 0.25) is 0 Å². The van der Waals surface area contributed by atoms with Crippen molar-refractivity contribution in [2.24, 2.45) is 11.8 Å². The van der Waals surface area contributed by atoms with E-state index in [0.717, 1.165) is 62.8 Å². The summed E-state index contributed by atoms with van der Waals surface area (Å²) in [5, 5.41) is 13.9. The van der Waals surface area contributed by atoms with Crippen LogP contribution < -0.4 is 0 Å². The molecular formula is C53H63FIrN2O2-2. The van der Waals surface area contributed by atoms with Crippen LogP contribution in [0, 0.1) is 51.7 Å². The van der Waals surface area contributed by atoms with E-state index in [1.54, 1.807) is 0 Å². The van der Waals surface area contributed by atoms with Gasteiger partial charge in [-0.3, -0.25) is 9.18 Å². The number of carbonyl (C=O) groups excluding carboxylic acids is 1. The predicted octanol–water partition coefficient (Wildman–Crippen LogP) is 14.7. The van der Waals surface area contributed by atoms with E-state index in [4.69, 9.17) is 2.74 Å². The van der Waals surface area contributed by atoms with Gasteiger partial charge in [-0.25, -0.2) is 0 Å². The maximum absolute atomic E-state index is 12.2. The monoisotopic (exact) mass is 973 g/mol. The predicted molar refractivity (Wildman–Crippen MR) is 243 cm³/mol. The van der Waals surface area contributed by atoms with Crippen molar-refractivity contribution in [1.29, 1.82) is 0 Å². The molecule has 4 aromatic carbocycles. The average molecular weight is 973 g/mol. The molecule has 2 heterocycles. The van der Waals surface area contributed by atoms with Crippen molar-refractivity contribution in [1.82, 2.24) is 9.97 Å². The van der Waals surface area contributed by atoms with Crippen LogP contribution in [0.25, 0.3) is 44.1 Å². The van der Waals surface area contributed by atoms with Gasteiger partial charge in [0.05, 0.1) is 15.2 Å². The van der Waals surface area contributed by atoms with Crippen molar-refractivity contribution in [3.63, 3.8) is 0 Å². The number of benzene rings is 4. The summed E-state index contributed by atoms with van der Waals surface area (Å²) in [7, 11) is 0. The number of rotatable bonds is 12. The molecule has 0 aliphatic carbocycles. The van der Waals surface area contributed by atoms with E-state index in [2.05, 4.69) is 112 Å². The quantitative estimate of drug-likeness (QED) is 0.0754. The van der Waals surface area contributed by atoms with Crippen LogP contribution in [0.15, 0.2) is 97.0 Å². The number of allylic oxidation sites excluding steroid dienone is 2. The van der Waals surface area contributed by atoms with E-state index in [0.29, 0.717) is 18.3 Å². The average Bonchev–Trinajstić information content (AvgIpc) is 3.20. The minimum atomic E-state index is -0.463. The molecule has 59 heavy (non-hydrogen) atoms. The Kier molecular flexibility index (Phi) is 18.0. The minimum absolute atomic E-state index is 0. The second-order valence-corrected chi connectivity index (χ2v) is 16.0. The second kappa shape index (κ2) is 23.3. The fraction of sp³-hybridized carbons (Fsp3) is 0.377. The zero-order valence-corrected chi connectivity index (χ0v) is 39.2. The molecule has 0 saturated carbocycles. The number of aryl methyl sites for hydroxylation is 4. The van der Waals surface area contributed by atoms with Crippen LogP contribution in [0.1, 0.15) is 122 Å². The Morgan fingerprint density at radius 3 is 1.69 bits per heavy atom. The van der Waals surface area contributed by atoms with E-state index >= 15 is 0 Å². The standard InChI is InChI=1S/2C20H20N.C13H23FO2.Ir/c2*1-13(2)16-5-6-19-17(12-16)7-8-21-20(19)18-10-14(3)9-15(4)11-18;1-4-10(5-2)12(15)9-13(16)11(6-3)7-8-14;/h2*5-10,12-13H,1-4H3;9-11,16H,4-8H2,1-3H3;/q2*-1;;/b;;13-9-;/i7D,8D;;;. The number of ketones is 1. The maximum Gasteiger partial charge on any atom is 0.162 e. The van der Waals surface area contributed by atoms with Crippen LogP contribution in [-0.4, -0.2) is 27.5 Å². The molecule has 6 heteroatoms. The number of fused-ring (bicyclic) bond motifs is 2. The molecule has 315 valence electrons. The molecule has 0 aliphatic rings. The van der Waals surface area contributed by atoms with Crippen LogP contribution in [0.4, 0.5) is 4.39 Å². The van der Waals surface area contributed by atoms with Gasteiger partial charge in [-0.2, -0.15) is 0 Å². The van der Waals surface area contributed by atoms with Crippen molar-refractivity contribution >= 4 is 27.3 Å². The van der Waals surface area contributed by atoms with Crippen molar-refractivity contribution < 1.29 is 37.1 Å². The summed E-state index contributed by atoms with van der Waals surface area (Å²) in [6.45, 7) is 22.3. The van der Waals surface area contributed by atoms with E-state index in [1.165, 1.54) is 33.5 Å². The van der Waals surface area contributed by atoms with Gasteiger partial charge in [0.15, 0.2) is 5.78 Å². The molecule has 0 saturated heterocycles. The Hall–Kier alpha value is -4.51. The number of aromatic nitrogens is 2. The van der Waals surface area contributed by atoms with Gasteiger partial charge >= 0.3 is 0 Å². The number of pyridine rings is 2. The molecule has 0 bridgehead atoms. The van der Waals surface area contributed by atoms with Gasteiger partial charge in [0, 0.05) is 50.4 Å². The van der Waals surface area contributed by atoms with Gasteiger partial charge in [0.1, 0.15) is 0 Å². The van der Waals surface area contributed by atoms with E-state index in [1.807, 2.05) is 59.0 Å². The Morgan fingerprint density at radius 1 is 0.729 bits per heavy atom. The molecule has 6 aromatic rings. The molecule has 1 atom stereocenters. The van der Waals surface area contributed by atoms with Gasteiger partial charge < -0.3 is 15.1 Å². The first-order chi connectivity index (χ1) is 28.5. The van der Waals surface area contributed by atoms with Crippen molar-refractivity contribution in [3.8, 4) is 22.5 Å². The van der Waals surface area contributed by atoms with Gasteiger partial charge in [-0.05, 0) is 93.7 Å². The van der Waals surface area contributed by atoms with Crippen molar-refractivity contribution in [2.75, 3.05) is 6.67 Å². The Labute approximate surface area is 370 Å². The largest absolute Gasteiger partial charge is 0.512 e. The molecule has 0 aliphatic heterocycles. The van der Waals surface area contributed by atoms with Crippen LogP contribution in [0.5, 0.6) is 0 Å². The van der Waals surface area contributed by atoms with E-state index in [-0.39, 0.29) is 62.1 Å². The van der Waals surface area contributed by atoms with E-state index < -0.39 is 6.67 Å². The number of hydrogen-bond donors (Lipinski definition) is 1. The van der Waals surface area contributed by atoms with Crippen molar-refractivity contribution in [2.45, 2.75) is 114 Å². The van der Waals surface area contributed by atoms with Gasteiger partial charge in [-0.15, -0.1) is 69.8 Å². The van der Waals surface area contributed by atoms with Crippen LogP contribution in [-0.2, 0) is 24.9 Å².